The molecule has 0 saturated carbocycles. The third-order valence-electron chi connectivity index (χ3n) is 3.03. The summed E-state index contributed by atoms with van der Waals surface area (Å²) in [6.07, 6.45) is 0.885. The monoisotopic (exact) mass is 293 g/mol. The molecule has 0 aliphatic rings. The number of nitrogen functional groups attached to an aromatic ring is 1. The highest BCUT2D eigenvalue weighted by molar-refractivity contribution is 7.21. The number of nitrogens with one attached hydrogen (secondary N) is 2. The smallest absolute Gasteiger partial charge is 0.263 e. The molecular weight excluding hydrogens is 274 g/mol. The van der Waals surface area contributed by atoms with E-state index in [4.69, 9.17) is 10.5 Å². The lowest BCUT2D eigenvalue weighted by Crippen LogP contribution is -2.26. The minimum absolute atomic E-state index is 0.123. The summed E-state index contributed by atoms with van der Waals surface area (Å²) in [4.78, 5) is 12.7. The number of nitrogens with two attached hydrogens (primary N) is 1. The molecule has 1 heterocycles. The van der Waals surface area contributed by atoms with Crippen molar-refractivity contribution in [1.29, 1.82) is 0 Å². The Balaban J connectivity index is 2.22. The van der Waals surface area contributed by atoms with Crippen molar-refractivity contribution in [3.63, 3.8) is 0 Å². The molecule has 0 spiro atoms. The predicted molar refractivity (Wildman–Crippen MR) is 83.7 cm³/mol. The first-order chi connectivity index (χ1) is 9.69. The first-order valence-electron chi connectivity index (χ1n) is 6.46. The van der Waals surface area contributed by atoms with Crippen LogP contribution < -0.4 is 21.1 Å². The lowest BCUT2D eigenvalue weighted by molar-refractivity contribution is 0.0958. The summed E-state index contributed by atoms with van der Waals surface area (Å²) in [5.74, 6) is 0.576. The number of methoxy groups -OCH3 is 1. The van der Waals surface area contributed by atoms with E-state index in [0.29, 0.717) is 22.9 Å². The fourth-order valence-electron chi connectivity index (χ4n) is 2.03. The van der Waals surface area contributed by atoms with E-state index in [0.717, 1.165) is 23.1 Å². The van der Waals surface area contributed by atoms with E-state index in [2.05, 4.69) is 10.6 Å². The molecule has 6 heteroatoms. The third kappa shape index (κ3) is 2.86. The minimum atomic E-state index is -0.123. The number of carbonyl (C=O) groups is 1. The Morgan fingerprint density at radius 1 is 1.40 bits per heavy atom. The molecule has 4 N–H and O–H groups in total. The molecule has 0 unspecified atom stereocenters. The number of carbonyl (C=O) groups excluding carboxylic acids is 1. The third-order valence-corrected chi connectivity index (χ3v) is 4.20. The van der Waals surface area contributed by atoms with Crippen molar-refractivity contribution in [3.8, 4) is 5.75 Å². The number of hydrogen-bond donors (Lipinski definition) is 3. The van der Waals surface area contributed by atoms with Gasteiger partial charge in [0.1, 0.15) is 10.6 Å². The van der Waals surface area contributed by atoms with Gasteiger partial charge in [0.05, 0.1) is 18.2 Å². The van der Waals surface area contributed by atoms with Gasteiger partial charge in [0.15, 0.2) is 0 Å². The van der Waals surface area contributed by atoms with Gasteiger partial charge >= 0.3 is 0 Å². The zero-order valence-corrected chi connectivity index (χ0v) is 12.5. The van der Waals surface area contributed by atoms with E-state index in [1.807, 2.05) is 25.2 Å². The highest BCUT2D eigenvalue weighted by Crippen LogP contribution is 2.39. The van der Waals surface area contributed by atoms with E-state index >= 15 is 0 Å². The Morgan fingerprint density at radius 3 is 2.90 bits per heavy atom. The Hall–Kier alpha value is -1.79. The molecule has 2 rings (SSSR count). The van der Waals surface area contributed by atoms with Crippen molar-refractivity contribution in [2.75, 3.05) is 33.0 Å². The summed E-state index contributed by atoms with van der Waals surface area (Å²) < 4.78 is 6.26. The van der Waals surface area contributed by atoms with Crippen LogP contribution in [0.25, 0.3) is 10.1 Å². The molecule has 1 aromatic carbocycles. The van der Waals surface area contributed by atoms with E-state index in [-0.39, 0.29) is 5.91 Å². The molecule has 0 bridgehead atoms. The van der Waals surface area contributed by atoms with Gasteiger partial charge < -0.3 is 21.1 Å². The molecule has 5 nitrogen and oxygen atoms in total. The number of ether oxygens (including phenoxy) is 1. The summed E-state index contributed by atoms with van der Waals surface area (Å²) >= 11 is 1.39. The van der Waals surface area contributed by atoms with Gasteiger partial charge in [-0.3, -0.25) is 4.79 Å². The molecule has 0 fully saturated rings. The standard InChI is InChI=1S/C14H19N3O2S/c1-16-7-4-8-17-14(18)13-12(15)11-9(19-2)5-3-6-10(11)20-13/h3,5-6,16H,4,7-8,15H2,1-2H3,(H,17,18). The second-order valence-electron chi connectivity index (χ2n) is 4.39. The summed E-state index contributed by atoms with van der Waals surface area (Å²) in [7, 11) is 3.49. The fraction of sp³-hybridized carbons (Fsp3) is 0.357. The van der Waals surface area contributed by atoms with E-state index in [1.165, 1.54) is 11.3 Å². The Morgan fingerprint density at radius 2 is 2.20 bits per heavy atom. The van der Waals surface area contributed by atoms with Crippen LogP contribution >= 0.6 is 11.3 Å². The molecular formula is C14H19N3O2S. The normalized spacial score (nSPS) is 10.7. The number of amides is 1. The zero-order valence-electron chi connectivity index (χ0n) is 11.7. The molecule has 0 atom stereocenters. The van der Waals surface area contributed by atoms with Crippen molar-refractivity contribution in [3.05, 3.63) is 23.1 Å². The fourth-order valence-corrected chi connectivity index (χ4v) is 3.08. The summed E-state index contributed by atoms with van der Waals surface area (Å²) in [5.41, 5.74) is 6.60. The minimum Gasteiger partial charge on any atom is -0.496 e. The average Bonchev–Trinajstić information content (AvgIpc) is 2.81. The number of hydrogen-bond acceptors (Lipinski definition) is 5. The molecule has 2 aromatic rings. The quantitative estimate of drug-likeness (QED) is 0.710. The first-order valence-corrected chi connectivity index (χ1v) is 7.28. The van der Waals surface area contributed by atoms with Gasteiger partial charge in [-0.25, -0.2) is 0 Å². The Bertz CT molecular complexity index is 610. The molecule has 0 aliphatic carbocycles. The van der Waals surface area contributed by atoms with Gasteiger partial charge in [0, 0.05) is 11.2 Å². The lowest BCUT2D eigenvalue weighted by Gasteiger charge is -2.04. The number of fused-ring (bicyclic) bond motifs is 1. The van der Waals surface area contributed by atoms with Crippen LogP contribution in [0.5, 0.6) is 5.75 Å². The number of benzene rings is 1. The SMILES string of the molecule is CNCCCNC(=O)c1sc2cccc(OC)c2c1N. The topological polar surface area (TPSA) is 76.4 Å². The predicted octanol–water partition coefficient (Wildman–Crippen LogP) is 1.83. The highest BCUT2D eigenvalue weighted by atomic mass is 32.1. The van der Waals surface area contributed by atoms with Crippen molar-refractivity contribution >= 4 is 33.0 Å². The largest absolute Gasteiger partial charge is 0.496 e. The van der Waals surface area contributed by atoms with E-state index in [9.17, 15) is 4.79 Å². The maximum absolute atomic E-state index is 12.2. The van der Waals surface area contributed by atoms with Crippen LogP contribution in [0.4, 0.5) is 5.69 Å². The van der Waals surface area contributed by atoms with Crippen LogP contribution in [0.3, 0.4) is 0 Å². The second kappa shape index (κ2) is 6.58. The van der Waals surface area contributed by atoms with Crippen LogP contribution in [0.1, 0.15) is 16.1 Å². The second-order valence-corrected chi connectivity index (χ2v) is 5.44. The van der Waals surface area contributed by atoms with Crippen molar-refractivity contribution in [2.45, 2.75) is 6.42 Å². The molecule has 0 aliphatic heterocycles. The summed E-state index contributed by atoms with van der Waals surface area (Å²) in [6.45, 7) is 1.50. The van der Waals surface area contributed by atoms with Crippen molar-refractivity contribution in [1.82, 2.24) is 10.6 Å². The van der Waals surface area contributed by atoms with Crippen LogP contribution in [0.15, 0.2) is 18.2 Å². The van der Waals surface area contributed by atoms with Gasteiger partial charge in [-0.1, -0.05) is 6.07 Å². The Kier molecular flexibility index (Phi) is 4.81. The maximum Gasteiger partial charge on any atom is 0.263 e. The van der Waals surface area contributed by atoms with Crippen LogP contribution in [0.2, 0.25) is 0 Å². The molecule has 20 heavy (non-hydrogen) atoms. The summed E-state index contributed by atoms with van der Waals surface area (Å²) in [5, 5.41) is 6.74. The van der Waals surface area contributed by atoms with E-state index in [1.54, 1.807) is 7.11 Å². The first kappa shape index (κ1) is 14.6. The molecule has 0 radical (unpaired) electrons. The lowest BCUT2D eigenvalue weighted by atomic mass is 10.2. The number of rotatable bonds is 6. The van der Waals surface area contributed by atoms with Crippen LogP contribution in [-0.4, -0.2) is 33.2 Å². The Labute approximate surface area is 122 Å². The molecule has 0 saturated heterocycles. The molecule has 108 valence electrons. The van der Waals surface area contributed by atoms with Crippen molar-refractivity contribution < 1.29 is 9.53 Å². The zero-order chi connectivity index (χ0) is 14.5. The van der Waals surface area contributed by atoms with Gasteiger partial charge in [0.25, 0.3) is 5.91 Å². The van der Waals surface area contributed by atoms with Crippen molar-refractivity contribution in [2.24, 2.45) is 0 Å². The number of anilines is 1. The number of thiophene rings is 1. The van der Waals surface area contributed by atoms with Gasteiger partial charge in [0.2, 0.25) is 0 Å². The van der Waals surface area contributed by atoms with Crippen LogP contribution in [0, 0.1) is 0 Å². The molecule has 1 amide bonds. The highest BCUT2D eigenvalue weighted by Gasteiger charge is 2.18. The maximum atomic E-state index is 12.2. The average molecular weight is 293 g/mol. The van der Waals surface area contributed by atoms with E-state index < -0.39 is 0 Å². The van der Waals surface area contributed by atoms with Gasteiger partial charge in [-0.15, -0.1) is 11.3 Å². The summed E-state index contributed by atoms with van der Waals surface area (Å²) in [6, 6.07) is 5.68. The van der Waals surface area contributed by atoms with Gasteiger partial charge in [-0.2, -0.15) is 0 Å². The van der Waals surface area contributed by atoms with Gasteiger partial charge in [-0.05, 0) is 32.1 Å². The van der Waals surface area contributed by atoms with Crippen LogP contribution in [-0.2, 0) is 0 Å². The molecule has 1 aromatic heterocycles.